The smallest absolute Gasteiger partial charge is 0.410 e. The Labute approximate surface area is 165 Å². The molecule has 0 spiro atoms. The van der Waals surface area contributed by atoms with Gasteiger partial charge in [-0.3, -0.25) is 4.90 Å². The number of carbonyl (C=O) groups is 1. The Kier molecular flexibility index (Phi) is 6.04. The van der Waals surface area contributed by atoms with Gasteiger partial charge in [0.15, 0.2) is 11.5 Å². The standard InChI is InChI=1S/C19H29N3O6/c1-19(2,3)28-18(24)22-7-5-21(6-8-22)11-17(23)20-13-9-15-16(27-12-26-15)10-14(13)25-4/h9-10,17,20,23H,5-8,11-12H2,1-4H3. The SMILES string of the molecule is COc1cc2c(cc1NC(O)CN1CCN(C(=O)OC(C)(C)C)CC1)OCO2. The number of amides is 1. The Morgan fingerprint density at radius 1 is 1.21 bits per heavy atom. The van der Waals surface area contributed by atoms with E-state index in [9.17, 15) is 9.90 Å². The Bertz CT molecular complexity index is 698. The second-order valence-corrected chi connectivity index (χ2v) is 7.83. The van der Waals surface area contributed by atoms with Crippen LogP contribution in [-0.4, -0.2) is 79.5 Å². The van der Waals surface area contributed by atoms with Crippen molar-refractivity contribution in [2.24, 2.45) is 0 Å². The summed E-state index contributed by atoms with van der Waals surface area (Å²) in [5, 5.41) is 13.5. The lowest BCUT2D eigenvalue weighted by molar-refractivity contribution is 0.0113. The molecule has 0 aliphatic carbocycles. The molecule has 0 bridgehead atoms. The number of hydrogen-bond acceptors (Lipinski definition) is 8. The van der Waals surface area contributed by atoms with Crippen LogP contribution in [0.1, 0.15) is 20.8 Å². The zero-order chi connectivity index (χ0) is 20.3. The lowest BCUT2D eigenvalue weighted by Crippen LogP contribution is -2.52. The largest absolute Gasteiger partial charge is 0.494 e. The van der Waals surface area contributed by atoms with E-state index >= 15 is 0 Å². The first-order valence-electron chi connectivity index (χ1n) is 9.37. The van der Waals surface area contributed by atoms with Crippen LogP contribution in [0.15, 0.2) is 12.1 Å². The number of aliphatic hydroxyl groups is 1. The van der Waals surface area contributed by atoms with Crippen LogP contribution in [-0.2, 0) is 4.74 Å². The molecule has 1 unspecified atom stereocenters. The molecule has 28 heavy (non-hydrogen) atoms. The van der Waals surface area contributed by atoms with Crippen molar-refractivity contribution in [3.63, 3.8) is 0 Å². The fraction of sp³-hybridized carbons (Fsp3) is 0.632. The van der Waals surface area contributed by atoms with E-state index in [0.29, 0.717) is 55.7 Å². The number of aliphatic hydroxyl groups excluding tert-OH is 1. The molecule has 2 N–H and O–H groups in total. The third kappa shape index (κ3) is 5.11. The van der Waals surface area contributed by atoms with Gasteiger partial charge in [-0.1, -0.05) is 0 Å². The van der Waals surface area contributed by atoms with Gasteiger partial charge < -0.3 is 34.3 Å². The van der Waals surface area contributed by atoms with Crippen LogP contribution in [0.25, 0.3) is 0 Å². The molecule has 2 aliphatic heterocycles. The summed E-state index contributed by atoms with van der Waals surface area (Å²) >= 11 is 0. The predicted molar refractivity (Wildman–Crippen MR) is 103 cm³/mol. The highest BCUT2D eigenvalue weighted by Gasteiger charge is 2.27. The van der Waals surface area contributed by atoms with E-state index in [2.05, 4.69) is 10.2 Å². The fourth-order valence-corrected chi connectivity index (χ4v) is 3.11. The molecule has 1 atom stereocenters. The monoisotopic (exact) mass is 395 g/mol. The lowest BCUT2D eigenvalue weighted by atomic mass is 10.2. The van der Waals surface area contributed by atoms with Crippen molar-refractivity contribution < 1.29 is 28.8 Å². The summed E-state index contributed by atoms with van der Waals surface area (Å²) in [7, 11) is 1.56. The van der Waals surface area contributed by atoms with Gasteiger partial charge in [0.05, 0.1) is 12.8 Å². The van der Waals surface area contributed by atoms with Gasteiger partial charge in [-0.25, -0.2) is 4.79 Å². The summed E-state index contributed by atoms with van der Waals surface area (Å²) in [6.45, 7) is 8.61. The number of fused-ring (bicyclic) bond motifs is 1. The van der Waals surface area contributed by atoms with E-state index in [1.807, 2.05) is 20.8 Å². The van der Waals surface area contributed by atoms with Crippen LogP contribution < -0.4 is 19.5 Å². The van der Waals surface area contributed by atoms with Gasteiger partial charge in [-0.2, -0.15) is 0 Å². The molecule has 0 saturated carbocycles. The minimum atomic E-state index is -0.803. The molecule has 2 aliphatic rings. The van der Waals surface area contributed by atoms with E-state index in [1.165, 1.54) is 0 Å². The highest BCUT2D eigenvalue weighted by atomic mass is 16.7. The third-order valence-corrected chi connectivity index (χ3v) is 4.47. The predicted octanol–water partition coefficient (Wildman–Crippen LogP) is 1.71. The first-order chi connectivity index (χ1) is 13.2. The molecule has 0 aromatic heterocycles. The van der Waals surface area contributed by atoms with Crippen LogP contribution in [0, 0.1) is 0 Å². The second-order valence-electron chi connectivity index (χ2n) is 7.83. The molecular formula is C19H29N3O6. The van der Waals surface area contributed by atoms with Gasteiger partial charge >= 0.3 is 6.09 Å². The van der Waals surface area contributed by atoms with Crippen molar-refractivity contribution in [2.45, 2.75) is 32.6 Å². The summed E-state index contributed by atoms with van der Waals surface area (Å²) in [6.07, 6.45) is -1.10. The lowest BCUT2D eigenvalue weighted by Gasteiger charge is -2.36. The number of methoxy groups -OCH3 is 1. The van der Waals surface area contributed by atoms with Crippen LogP contribution in [0.3, 0.4) is 0 Å². The number of carbonyl (C=O) groups excluding carboxylic acids is 1. The van der Waals surface area contributed by atoms with Crippen molar-refractivity contribution in [1.82, 2.24) is 9.80 Å². The van der Waals surface area contributed by atoms with E-state index in [0.717, 1.165) is 0 Å². The number of hydrogen-bond donors (Lipinski definition) is 2. The average Bonchev–Trinajstić information content (AvgIpc) is 3.07. The van der Waals surface area contributed by atoms with Crippen LogP contribution in [0.2, 0.25) is 0 Å². The first kappa shape index (κ1) is 20.3. The number of nitrogens with zero attached hydrogens (tertiary/aromatic N) is 2. The van der Waals surface area contributed by atoms with Crippen molar-refractivity contribution in [3.8, 4) is 17.2 Å². The number of anilines is 1. The second kappa shape index (κ2) is 8.32. The Hall–Kier alpha value is -2.39. The van der Waals surface area contributed by atoms with Crippen molar-refractivity contribution in [3.05, 3.63) is 12.1 Å². The maximum Gasteiger partial charge on any atom is 0.410 e. The minimum absolute atomic E-state index is 0.173. The summed E-state index contributed by atoms with van der Waals surface area (Å²) in [6, 6.07) is 3.49. The van der Waals surface area contributed by atoms with E-state index in [-0.39, 0.29) is 12.9 Å². The molecule has 1 aromatic rings. The molecule has 9 heteroatoms. The highest BCUT2D eigenvalue weighted by Crippen LogP contribution is 2.40. The molecule has 2 heterocycles. The molecule has 1 amide bonds. The Morgan fingerprint density at radius 3 is 2.46 bits per heavy atom. The molecule has 1 fully saturated rings. The van der Waals surface area contributed by atoms with Gasteiger partial charge in [0, 0.05) is 44.9 Å². The van der Waals surface area contributed by atoms with Gasteiger partial charge in [0.25, 0.3) is 0 Å². The normalized spacial score (nSPS) is 18.0. The zero-order valence-electron chi connectivity index (χ0n) is 16.9. The quantitative estimate of drug-likeness (QED) is 0.728. The molecular weight excluding hydrogens is 366 g/mol. The number of benzene rings is 1. The van der Waals surface area contributed by atoms with Crippen LogP contribution >= 0.6 is 0 Å². The number of nitrogens with one attached hydrogen (secondary N) is 1. The van der Waals surface area contributed by atoms with Gasteiger partial charge in [-0.15, -0.1) is 0 Å². The summed E-state index contributed by atoms with van der Waals surface area (Å²) < 4.78 is 21.5. The van der Waals surface area contributed by atoms with Crippen molar-refractivity contribution in [1.29, 1.82) is 0 Å². The minimum Gasteiger partial charge on any atom is -0.494 e. The number of β-amino-alcohol motifs (C(OH)–C–C–N with tert-alkyl or cyclic N) is 1. The summed E-state index contributed by atoms with van der Waals surface area (Å²) in [5.41, 5.74) is 0.129. The molecule has 1 aromatic carbocycles. The molecule has 156 valence electrons. The highest BCUT2D eigenvalue weighted by molar-refractivity contribution is 5.68. The van der Waals surface area contributed by atoms with Crippen molar-refractivity contribution >= 4 is 11.8 Å². The molecule has 0 radical (unpaired) electrons. The maximum absolute atomic E-state index is 12.1. The molecule has 9 nitrogen and oxygen atoms in total. The van der Waals surface area contributed by atoms with E-state index in [4.69, 9.17) is 18.9 Å². The average molecular weight is 395 g/mol. The summed E-state index contributed by atoms with van der Waals surface area (Å²) in [4.78, 5) is 15.9. The van der Waals surface area contributed by atoms with Gasteiger partial charge in [0.2, 0.25) is 6.79 Å². The Morgan fingerprint density at radius 2 is 1.86 bits per heavy atom. The van der Waals surface area contributed by atoms with E-state index in [1.54, 1.807) is 24.1 Å². The van der Waals surface area contributed by atoms with Crippen LogP contribution in [0.5, 0.6) is 17.2 Å². The number of piperazine rings is 1. The molecule has 3 rings (SSSR count). The topological polar surface area (TPSA) is 92.7 Å². The fourth-order valence-electron chi connectivity index (χ4n) is 3.11. The molecule has 1 saturated heterocycles. The van der Waals surface area contributed by atoms with Gasteiger partial charge in [-0.05, 0) is 20.8 Å². The zero-order valence-corrected chi connectivity index (χ0v) is 16.9. The summed E-state index contributed by atoms with van der Waals surface area (Å²) in [5.74, 6) is 1.80. The Balaban J connectivity index is 1.50. The number of rotatable bonds is 5. The maximum atomic E-state index is 12.1. The number of ether oxygens (including phenoxy) is 4. The first-order valence-corrected chi connectivity index (χ1v) is 9.37. The van der Waals surface area contributed by atoms with Crippen molar-refractivity contribution in [2.75, 3.05) is 51.9 Å². The van der Waals surface area contributed by atoms with Crippen LogP contribution in [0.4, 0.5) is 10.5 Å². The van der Waals surface area contributed by atoms with Gasteiger partial charge in [0.1, 0.15) is 17.6 Å². The van der Waals surface area contributed by atoms with E-state index < -0.39 is 11.8 Å². The third-order valence-electron chi connectivity index (χ3n) is 4.47.